The highest BCUT2D eigenvalue weighted by Crippen LogP contribution is 2.29. The van der Waals surface area contributed by atoms with Crippen LogP contribution in [0.15, 0.2) is 4.99 Å². The van der Waals surface area contributed by atoms with Crippen LogP contribution in [-0.4, -0.2) is 18.6 Å². The van der Waals surface area contributed by atoms with Crippen molar-refractivity contribution in [2.24, 2.45) is 4.99 Å². The predicted octanol–water partition coefficient (Wildman–Crippen LogP) is 1.62. The predicted molar refractivity (Wildman–Crippen MR) is 44.9 cm³/mol. The largest absolute Gasteiger partial charge is 0.419 e. The minimum Gasteiger partial charge on any atom is -0.419 e. The zero-order valence-electron chi connectivity index (χ0n) is 8.27. The second-order valence-electron chi connectivity index (χ2n) is 2.78. The highest BCUT2D eigenvalue weighted by atomic mass is 19.2. The maximum atomic E-state index is 13.0. The second kappa shape index (κ2) is 5.37. The lowest BCUT2D eigenvalue weighted by Crippen LogP contribution is -2.15. The summed E-state index contributed by atoms with van der Waals surface area (Å²) < 4.78 is 67.8. The van der Waals surface area contributed by atoms with Gasteiger partial charge in [-0.2, -0.15) is 13.8 Å². The molecule has 18 heavy (non-hydrogen) atoms. The minimum absolute atomic E-state index is 0.924. The van der Waals surface area contributed by atoms with Crippen LogP contribution >= 0.6 is 0 Å². The zero-order valence-corrected chi connectivity index (χ0v) is 8.27. The lowest BCUT2D eigenvalue weighted by Gasteiger charge is -2.07. The van der Waals surface area contributed by atoms with Crippen LogP contribution in [0.3, 0.4) is 0 Å². The standard InChI is InChI=1S/C9H2F5NO3/c10-4-5(11)7(13)9(8(14)6(4)12)18-3(17)1-15-2-16/h1H2. The van der Waals surface area contributed by atoms with E-state index in [-0.39, 0.29) is 0 Å². The van der Waals surface area contributed by atoms with Crippen molar-refractivity contribution in [3.63, 3.8) is 0 Å². The number of hydrogen-bond donors (Lipinski definition) is 0. The molecule has 96 valence electrons. The third-order valence-electron chi connectivity index (χ3n) is 1.66. The number of carbonyl (C=O) groups excluding carboxylic acids is 2. The molecule has 0 saturated heterocycles. The lowest BCUT2D eigenvalue weighted by molar-refractivity contribution is -0.133. The highest BCUT2D eigenvalue weighted by Gasteiger charge is 2.28. The van der Waals surface area contributed by atoms with E-state index in [0.29, 0.717) is 0 Å². The average Bonchev–Trinajstić information content (AvgIpc) is 2.36. The van der Waals surface area contributed by atoms with Gasteiger partial charge in [-0.3, -0.25) is 0 Å². The van der Waals surface area contributed by atoms with Crippen LogP contribution in [0.5, 0.6) is 5.75 Å². The second-order valence-corrected chi connectivity index (χ2v) is 2.78. The number of ether oxygens (including phenoxy) is 1. The number of halogens is 5. The first-order chi connectivity index (χ1) is 8.40. The molecule has 0 amide bonds. The molecule has 0 aliphatic heterocycles. The molecule has 0 unspecified atom stereocenters. The Morgan fingerprint density at radius 2 is 1.44 bits per heavy atom. The molecule has 1 aromatic carbocycles. The van der Waals surface area contributed by atoms with Gasteiger partial charge < -0.3 is 4.74 Å². The van der Waals surface area contributed by atoms with E-state index in [9.17, 15) is 31.5 Å². The fourth-order valence-electron chi connectivity index (χ4n) is 0.917. The summed E-state index contributed by atoms with van der Waals surface area (Å²) in [4.78, 5) is 23.2. The summed E-state index contributed by atoms with van der Waals surface area (Å²) in [7, 11) is 0. The molecule has 4 nitrogen and oxygen atoms in total. The Kier molecular flexibility index (Phi) is 4.11. The molecule has 0 heterocycles. The van der Waals surface area contributed by atoms with Gasteiger partial charge in [-0.15, -0.1) is 0 Å². The lowest BCUT2D eigenvalue weighted by atomic mass is 10.2. The van der Waals surface area contributed by atoms with E-state index in [0.717, 1.165) is 6.08 Å². The van der Waals surface area contributed by atoms with Crippen molar-refractivity contribution in [2.75, 3.05) is 6.54 Å². The Morgan fingerprint density at radius 3 is 1.89 bits per heavy atom. The summed E-state index contributed by atoms with van der Waals surface area (Å²) in [5, 5.41) is 0. The number of carbonyl (C=O) groups is 1. The van der Waals surface area contributed by atoms with Crippen molar-refractivity contribution in [2.45, 2.75) is 0 Å². The quantitative estimate of drug-likeness (QED) is 0.159. The maximum Gasteiger partial charge on any atom is 0.334 e. The molecular formula is C9H2F5NO3. The molecule has 9 heteroatoms. The normalized spacial score (nSPS) is 9.83. The molecule has 0 fully saturated rings. The Balaban J connectivity index is 3.17. The number of benzene rings is 1. The van der Waals surface area contributed by atoms with Gasteiger partial charge >= 0.3 is 5.97 Å². The van der Waals surface area contributed by atoms with E-state index in [1.165, 1.54) is 0 Å². The van der Waals surface area contributed by atoms with Gasteiger partial charge in [0.05, 0.1) is 0 Å². The summed E-state index contributed by atoms with van der Waals surface area (Å²) in [6, 6.07) is 0. The fourth-order valence-corrected chi connectivity index (χ4v) is 0.917. The number of isocyanates is 1. The molecule has 0 radical (unpaired) electrons. The number of aliphatic imine (C=N–C) groups is 1. The zero-order chi connectivity index (χ0) is 13.9. The van der Waals surface area contributed by atoms with E-state index in [1.54, 1.807) is 0 Å². The van der Waals surface area contributed by atoms with Crippen LogP contribution in [0.25, 0.3) is 0 Å². The fraction of sp³-hybridized carbons (Fsp3) is 0.111. The van der Waals surface area contributed by atoms with Crippen LogP contribution in [0.4, 0.5) is 22.0 Å². The topological polar surface area (TPSA) is 55.7 Å². The monoisotopic (exact) mass is 267 g/mol. The Morgan fingerprint density at radius 1 is 1.00 bits per heavy atom. The molecule has 1 rings (SSSR count). The van der Waals surface area contributed by atoms with Crippen molar-refractivity contribution in [3.8, 4) is 5.75 Å². The molecule has 0 bridgehead atoms. The van der Waals surface area contributed by atoms with Crippen molar-refractivity contribution < 1.29 is 36.3 Å². The molecule has 1 aromatic rings. The van der Waals surface area contributed by atoms with Crippen molar-refractivity contribution in [1.29, 1.82) is 0 Å². The molecule has 0 atom stereocenters. The van der Waals surface area contributed by atoms with Gasteiger partial charge in [0.25, 0.3) is 0 Å². The van der Waals surface area contributed by atoms with Gasteiger partial charge in [0.1, 0.15) is 6.54 Å². The summed E-state index contributed by atoms with van der Waals surface area (Å²) in [5.41, 5.74) is 0. The minimum atomic E-state index is -2.38. The first kappa shape index (κ1) is 13.8. The van der Waals surface area contributed by atoms with Crippen LogP contribution in [0, 0.1) is 29.1 Å². The van der Waals surface area contributed by atoms with E-state index in [4.69, 9.17) is 0 Å². The Bertz CT molecular complexity index is 525. The van der Waals surface area contributed by atoms with E-state index in [2.05, 4.69) is 9.73 Å². The van der Waals surface area contributed by atoms with Crippen molar-refractivity contribution in [3.05, 3.63) is 29.1 Å². The van der Waals surface area contributed by atoms with Crippen LogP contribution in [0.2, 0.25) is 0 Å². The van der Waals surface area contributed by atoms with Crippen LogP contribution in [0.1, 0.15) is 0 Å². The first-order valence-electron chi connectivity index (χ1n) is 4.15. The average molecular weight is 267 g/mol. The summed E-state index contributed by atoms with van der Waals surface area (Å²) in [6.45, 7) is -0.969. The Hall–Kier alpha value is -2.28. The van der Waals surface area contributed by atoms with Gasteiger partial charge in [0, 0.05) is 0 Å². The van der Waals surface area contributed by atoms with Gasteiger partial charge in [-0.25, -0.2) is 22.8 Å². The SMILES string of the molecule is O=C=NCC(=O)Oc1c(F)c(F)c(F)c(F)c1F. The van der Waals surface area contributed by atoms with Gasteiger partial charge in [0.15, 0.2) is 0 Å². The van der Waals surface area contributed by atoms with Gasteiger partial charge in [-0.05, 0) is 0 Å². The van der Waals surface area contributed by atoms with E-state index in [1.807, 2.05) is 0 Å². The third-order valence-corrected chi connectivity index (χ3v) is 1.66. The molecule has 0 saturated carbocycles. The van der Waals surface area contributed by atoms with Gasteiger partial charge in [-0.1, -0.05) is 0 Å². The van der Waals surface area contributed by atoms with E-state index < -0.39 is 47.3 Å². The van der Waals surface area contributed by atoms with E-state index >= 15 is 0 Å². The maximum absolute atomic E-state index is 13.0. The Labute approximate surface area is 95.7 Å². The molecular weight excluding hydrogens is 265 g/mol. The first-order valence-corrected chi connectivity index (χ1v) is 4.15. The van der Waals surface area contributed by atoms with Gasteiger partial charge in [0.2, 0.25) is 40.9 Å². The highest BCUT2D eigenvalue weighted by molar-refractivity contribution is 5.75. The molecule has 0 aliphatic carbocycles. The van der Waals surface area contributed by atoms with Crippen LogP contribution in [-0.2, 0) is 9.59 Å². The molecule has 0 aliphatic rings. The number of nitrogens with zero attached hydrogens (tertiary/aromatic N) is 1. The third kappa shape index (κ3) is 2.51. The smallest absolute Gasteiger partial charge is 0.334 e. The van der Waals surface area contributed by atoms with Crippen LogP contribution < -0.4 is 4.74 Å². The number of rotatable bonds is 3. The van der Waals surface area contributed by atoms with Crippen molar-refractivity contribution in [1.82, 2.24) is 0 Å². The van der Waals surface area contributed by atoms with Crippen molar-refractivity contribution >= 4 is 12.0 Å². The molecule has 0 N–H and O–H groups in total. The molecule has 0 aromatic heterocycles. The summed E-state index contributed by atoms with van der Waals surface area (Å²) in [6.07, 6.45) is 0.924. The molecule has 0 spiro atoms. The summed E-state index contributed by atoms with van der Waals surface area (Å²) in [5.74, 6) is -14.7. The summed E-state index contributed by atoms with van der Waals surface area (Å²) >= 11 is 0. The number of esters is 1. The number of hydrogen-bond acceptors (Lipinski definition) is 4.